The maximum absolute atomic E-state index is 12.3. The van der Waals surface area contributed by atoms with Crippen molar-refractivity contribution in [3.8, 4) is 6.07 Å². The van der Waals surface area contributed by atoms with Gasteiger partial charge in [-0.25, -0.2) is 4.39 Å². The molecule has 0 saturated carbocycles. The van der Waals surface area contributed by atoms with E-state index in [0.717, 1.165) is 0 Å². The van der Waals surface area contributed by atoms with Crippen LogP contribution in [0.25, 0.3) is 0 Å². The summed E-state index contributed by atoms with van der Waals surface area (Å²) in [4.78, 5) is 6.48. The van der Waals surface area contributed by atoms with Gasteiger partial charge in [0.2, 0.25) is 0 Å². The van der Waals surface area contributed by atoms with Crippen LogP contribution in [0.1, 0.15) is 0 Å². The average molecular weight is 254 g/mol. The summed E-state index contributed by atoms with van der Waals surface area (Å²) in [7, 11) is 0. The quantitative estimate of drug-likeness (QED) is 0.333. The Bertz CT molecular complexity index is 336. The van der Waals surface area contributed by atoms with Crippen LogP contribution in [0.4, 0.5) is 30.7 Å². The van der Waals surface area contributed by atoms with Gasteiger partial charge >= 0.3 is 17.9 Å². The smallest absolute Gasteiger partial charge is 0.259 e. The minimum absolute atomic E-state index is 0.0303. The van der Waals surface area contributed by atoms with Crippen molar-refractivity contribution in [1.29, 1.82) is 5.26 Å². The molecule has 0 aromatic carbocycles. The SMILES string of the molecule is N#CC(F)C(F)(F)C(F)(F)C(F)(F)[N+](=O)[O-]. The molecule has 0 radical (unpaired) electrons. The van der Waals surface area contributed by atoms with Crippen LogP contribution in [0, 0.1) is 21.4 Å². The highest BCUT2D eigenvalue weighted by atomic mass is 19.3. The van der Waals surface area contributed by atoms with E-state index in [9.17, 15) is 40.8 Å². The van der Waals surface area contributed by atoms with Gasteiger partial charge in [-0.2, -0.15) is 22.8 Å². The summed E-state index contributed by atoms with van der Waals surface area (Å²) >= 11 is 0. The third kappa shape index (κ3) is 1.74. The minimum Gasteiger partial charge on any atom is -0.259 e. The molecular formula is C5HF7N2O2. The van der Waals surface area contributed by atoms with E-state index in [-0.39, 0.29) is 6.07 Å². The molecule has 0 aliphatic carbocycles. The molecular weight excluding hydrogens is 253 g/mol. The van der Waals surface area contributed by atoms with Crippen LogP contribution in [-0.2, 0) is 0 Å². The Morgan fingerprint density at radius 3 is 1.81 bits per heavy atom. The second kappa shape index (κ2) is 3.76. The first-order valence-corrected chi connectivity index (χ1v) is 3.24. The molecule has 0 aliphatic rings. The summed E-state index contributed by atoms with van der Waals surface area (Å²) in [5, 5.41) is 17.0. The predicted molar refractivity (Wildman–Crippen MR) is 32.3 cm³/mol. The summed E-state index contributed by atoms with van der Waals surface area (Å²) in [5.74, 6) is -12.8. The standard InChI is InChI=1S/C5HF7N2O2/c6-2(1-13)3(7,8)4(9,10)5(11,12)14(15)16/h2H. The molecule has 11 heteroatoms. The summed E-state index contributed by atoms with van der Waals surface area (Å²) in [6.07, 6.45) is -4.30. The summed E-state index contributed by atoms with van der Waals surface area (Å²) in [5.41, 5.74) is 0. The Labute approximate surface area is 82.4 Å². The maximum atomic E-state index is 12.3. The van der Waals surface area contributed by atoms with Gasteiger partial charge in [-0.1, -0.05) is 0 Å². The molecule has 0 aliphatic heterocycles. The van der Waals surface area contributed by atoms with Crippen molar-refractivity contribution in [1.82, 2.24) is 0 Å². The van der Waals surface area contributed by atoms with Crippen molar-refractivity contribution >= 4 is 0 Å². The van der Waals surface area contributed by atoms with Crippen LogP contribution in [0.5, 0.6) is 0 Å². The summed E-state index contributed by atoms with van der Waals surface area (Å²) < 4.78 is 85.6. The topological polar surface area (TPSA) is 66.9 Å². The molecule has 0 fully saturated rings. The minimum atomic E-state index is -6.63. The molecule has 0 saturated heterocycles. The number of halogens is 7. The molecule has 0 aromatic rings. The molecule has 92 valence electrons. The van der Waals surface area contributed by atoms with Crippen molar-refractivity contribution in [2.24, 2.45) is 0 Å². The number of nitriles is 1. The van der Waals surface area contributed by atoms with E-state index < -0.39 is 29.0 Å². The van der Waals surface area contributed by atoms with Crippen molar-refractivity contribution in [2.45, 2.75) is 24.1 Å². The van der Waals surface area contributed by atoms with Crippen LogP contribution in [-0.4, -0.2) is 29.0 Å². The van der Waals surface area contributed by atoms with Gasteiger partial charge in [0.25, 0.3) is 6.17 Å². The Morgan fingerprint density at radius 1 is 1.19 bits per heavy atom. The normalized spacial score (nSPS) is 15.4. The first-order chi connectivity index (χ1) is 6.92. The van der Waals surface area contributed by atoms with E-state index in [0.29, 0.717) is 0 Å². The van der Waals surface area contributed by atoms with E-state index in [1.165, 1.54) is 0 Å². The first-order valence-electron chi connectivity index (χ1n) is 3.24. The first kappa shape index (κ1) is 14.4. The van der Waals surface area contributed by atoms with Gasteiger partial charge < -0.3 is 0 Å². The van der Waals surface area contributed by atoms with Crippen LogP contribution in [0.3, 0.4) is 0 Å². The molecule has 1 atom stereocenters. The molecule has 0 bridgehead atoms. The van der Waals surface area contributed by atoms with Crippen LogP contribution in [0.15, 0.2) is 0 Å². The number of rotatable bonds is 4. The number of hydrogen-bond donors (Lipinski definition) is 0. The molecule has 0 N–H and O–H groups in total. The highest BCUT2D eigenvalue weighted by Gasteiger charge is 2.83. The number of nitro groups is 1. The van der Waals surface area contributed by atoms with E-state index >= 15 is 0 Å². The molecule has 4 nitrogen and oxygen atoms in total. The molecule has 0 rings (SSSR count). The second-order valence-electron chi connectivity index (χ2n) is 2.49. The van der Waals surface area contributed by atoms with Gasteiger partial charge in [-0.15, -0.1) is 8.78 Å². The lowest BCUT2D eigenvalue weighted by Crippen LogP contribution is -2.61. The Balaban J connectivity index is 5.53. The monoisotopic (exact) mass is 254 g/mol. The van der Waals surface area contributed by atoms with Crippen LogP contribution >= 0.6 is 0 Å². The highest BCUT2D eigenvalue weighted by molar-refractivity contribution is 5.04. The number of alkyl halides is 7. The number of nitrogens with zero attached hydrogens (tertiary/aromatic N) is 2. The van der Waals surface area contributed by atoms with E-state index in [4.69, 9.17) is 5.26 Å². The van der Waals surface area contributed by atoms with Gasteiger partial charge in [-0.05, 0) is 0 Å². The fourth-order valence-electron chi connectivity index (χ4n) is 0.555. The third-order valence-corrected chi connectivity index (χ3v) is 1.46. The molecule has 1 unspecified atom stereocenters. The second-order valence-corrected chi connectivity index (χ2v) is 2.49. The lowest BCUT2D eigenvalue weighted by Gasteiger charge is -2.26. The fraction of sp³-hybridized carbons (Fsp3) is 0.800. The van der Waals surface area contributed by atoms with Gasteiger partial charge in [0.05, 0.1) is 0 Å². The van der Waals surface area contributed by atoms with Crippen LogP contribution in [0.2, 0.25) is 0 Å². The largest absolute Gasteiger partial charge is 0.582 e. The van der Waals surface area contributed by atoms with Crippen molar-refractivity contribution < 1.29 is 35.7 Å². The van der Waals surface area contributed by atoms with Gasteiger partial charge in [-0.3, -0.25) is 10.1 Å². The predicted octanol–water partition coefficient (Wildman–Crippen LogP) is 1.99. The van der Waals surface area contributed by atoms with E-state index in [1.54, 1.807) is 0 Å². The van der Waals surface area contributed by atoms with Gasteiger partial charge in [0.1, 0.15) is 11.0 Å². The molecule has 0 spiro atoms. The average Bonchev–Trinajstić information content (AvgIpc) is 2.15. The lowest BCUT2D eigenvalue weighted by molar-refractivity contribution is -0.684. The van der Waals surface area contributed by atoms with E-state index in [1.807, 2.05) is 0 Å². The Hall–Kier alpha value is -1.60. The van der Waals surface area contributed by atoms with Gasteiger partial charge in [0, 0.05) is 0 Å². The van der Waals surface area contributed by atoms with E-state index in [2.05, 4.69) is 0 Å². The van der Waals surface area contributed by atoms with Gasteiger partial charge in [0.15, 0.2) is 0 Å². The Kier molecular flexibility index (Phi) is 3.39. The lowest BCUT2D eigenvalue weighted by atomic mass is 10.1. The van der Waals surface area contributed by atoms with Crippen molar-refractivity contribution in [2.75, 3.05) is 0 Å². The molecule has 16 heavy (non-hydrogen) atoms. The fourth-order valence-corrected chi connectivity index (χ4v) is 0.555. The zero-order valence-electron chi connectivity index (χ0n) is 6.93. The maximum Gasteiger partial charge on any atom is 0.582 e. The summed E-state index contributed by atoms with van der Waals surface area (Å²) in [6.45, 7) is 0. The van der Waals surface area contributed by atoms with Crippen molar-refractivity contribution in [3.05, 3.63) is 10.1 Å². The highest BCUT2D eigenvalue weighted by Crippen LogP contribution is 2.48. The third-order valence-electron chi connectivity index (χ3n) is 1.46. The molecule has 0 aromatic heterocycles. The summed E-state index contributed by atoms with van der Waals surface area (Å²) in [6, 6.07) is -6.42. The van der Waals surface area contributed by atoms with Crippen LogP contribution < -0.4 is 0 Å². The Morgan fingerprint density at radius 2 is 1.56 bits per heavy atom. The number of hydrogen-bond acceptors (Lipinski definition) is 3. The molecule has 0 heterocycles. The zero-order chi connectivity index (χ0) is 13.4. The van der Waals surface area contributed by atoms with Crippen molar-refractivity contribution in [3.63, 3.8) is 0 Å². The zero-order valence-corrected chi connectivity index (χ0v) is 6.93. The molecule has 0 amide bonds.